The highest BCUT2D eigenvalue weighted by atomic mass is 16.5. The van der Waals surface area contributed by atoms with Crippen LogP contribution < -0.4 is 25.4 Å². The molecular weight excluding hydrogens is 368 g/mol. The first-order chi connectivity index (χ1) is 14.1. The number of nitrogens with one attached hydrogen (secondary N) is 3. The fraction of sp³-hybridized carbons (Fsp3) is 0.182. The van der Waals surface area contributed by atoms with E-state index >= 15 is 0 Å². The number of ether oxygens (including phenoxy) is 2. The molecule has 0 fully saturated rings. The van der Waals surface area contributed by atoms with Gasteiger partial charge >= 0.3 is 0 Å². The van der Waals surface area contributed by atoms with Crippen LogP contribution in [-0.4, -0.2) is 32.6 Å². The number of fused-ring (bicyclic) bond motifs is 2. The number of carbonyl (C=O) groups is 1. The second kappa shape index (κ2) is 7.60. The third-order valence-electron chi connectivity index (χ3n) is 4.77. The Morgan fingerprint density at radius 2 is 1.93 bits per heavy atom. The van der Waals surface area contributed by atoms with Crippen LogP contribution in [0.3, 0.4) is 0 Å². The van der Waals surface area contributed by atoms with Crippen molar-refractivity contribution in [2.24, 2.45) is 4.99 Å². The summed E-state index contributed by atoms with van der Waals surface area (Å²) in [5.41, 5.74) is 4.86. The van der Waals surface area contributed by atoms with Crippen LogP contribution in [0.15, 0.2) is 47.0 Å². The number of anilines is 2. The Bertz CT molecular complexity index is 1100. The fourth-order valence-electron chi connectivity index (χ4n) is 3.37. The van der Waals surface area contributed by atoms with E-state index in [1.54, 1.807) is 20.3 Å². The second-order valence-electron chi connectivity index (χ2n) is 6.59. The SMILES string of the molecule is C#Cc1ccc2c(c1)NC(=O)CC1=C2NC(Nc2ccc(OC)c(OC)c2)=NC1. The molecule has 0 aromatic heterocycles. The minimum Gasteiger partial charge on any atom is -0.493 e. The summed E-state index contributed by atoms with van der Waals surface area (Å²) in [4.78, 5) is 16.8. The van der Waals surface area contributed by atoms with Crippen molar-refractivity contribution in [1.29, 1.82) is 0 Å². The zero-order valence-corrected chi connectivity index (χ0v) is 16.1. The van der Waals surface area contributed by atoms with Gasteiger partial charge in [0.25, 0.3) is 0 Å². The average molecular weight is 388 g/mol. The van der Waals surface area contributed by atoms with Gasteiger partial charge in [-0.25, -0.2) is 4.99 Å². The number of guanidine groups is 1. The molecule has 2 aromatic rings. The van der Waals surface area contributed by atoms with Gasteiger partial charge in [0.15, 0.2) is 11.5 Å². The van der Waals surface area contributed by atoms with Crippen LogP contribution in [0.5, 0.6) is 11.5 Å². The molecule has 2 aromatic carbocycles. The van der Waals surface area contributed by atoms with Gasteiger partial charge in [-0.3, -0.25) is 4.79 Å². The first-order valence-corrected chi connectivity index (χ1v) is 9.04. The monoisotopic (exact) mass is 388 g/mol. The van der Waals surface area contributed by atoms with Crippen molar-refractivity contribution in [1.82, 2.24) is 5.32 Å². The van der Waals surface area contributed by atoms with Crippen LogP contribution in [0.25, 0.3) is 5.70 Å². The molecule has 146 valence electrons. The van der Waals surface area contributed by atoms with E-state index in [1.165, 1.54) is 0 Å². The number of rotatable bonds is 3. The third-order valence-corrected chi connectivity index (χ3v) is 4.77. The quantitative estimate of drug-likeness (QED) is 0.705. The first-order valence-electron chi connectivity index (χ1n) is 9.04. The molecule has 0 unspecified atom stereocenters. The number of terminal acetylenes is 1. The standard InChI is InChI=1S/C22H20N4O3/c1-4-13-5-7-16-17(9-13)25-20(27)10-14-12-23-22(26-21(14)16)24-15-6-8-18(28-2)19(11-15)29-3/h1,5-9,11H,10,12H2,2-3H3,(H,25,27)(H2,23,24,26). The maximum atomic E-state index is 12.3. The Kier molecular flexibility index (Phi) is 4.83. The molecule has 0 radical (unpaired) electrons. The highest BCUT2D eigenvalue weighted by molar-refractivity contribution is 6.06. The summed E-state index contributed by atoms with van der Waals surface area (Å²) in [5, 5.41) is 9.51. The Morgan fingerprint density at radius 3 is 2.69 bits per heavy atom. The summed E-state index contributed by atoms with van der Waals surface area (Å²) in [7, 11) is 3.18. The van der Waals surface area contributed by atoms with E-state index in [-0.39, 0.29) is 12.3 Å². The van der Waals surface area contributed by atoms with Crippen LogP contribution in [0.4, 0.5) is 11.4 Å². The molecule has 4 rings (SSSR count). The molecule has 2 aliphatic rings. The van der Waals surface area contributed by atoms with Crippen molar-refractivity contribution in [3.05, 3.63) is 53.1 Å². The summed E-state index contributed by atoms with van der Waals surface area (Å²) >= 11 is 0. The first kappa shape index (κ1) is 18.4. The molecule has 29 heavy (non-hydrogen) atoms. The Balaban J connectivity index is 1.62. The van der Waals surface area contributed by atoms with Crippen molar-refractivity contribution in [2.45, 2.75) is 6.42 Å². The van der Waals surface area contributed by atoms with Crippen molar-refractivity contribution >= 4 is 28.9 Å². The fourth-order valence-corrected chi connectivity index (χ4v) is 3.37. The lowest BCUT2D eigenvalue weighted by molar-refractivity contribution is -0.115. The minimum absolute atomic E-state index is 0.0845. The number of benzene rings is 2. The van der Waals surface area contributed by atoms with Crippen LogP contribution in [0, 0.1) is 12.3 Å². The van der Waals surface area contributed by atoms with Crippen LogP contribution >= 0.6 is 0 Å². The number of hydrogen-bond donors (Lipinski definition) is 3. The predicted molar refractivity (Wildman–Crippen MR) is 113 cm³/mol. The smallest absolute Gasteiger partial charge is 0.228 e. The Morgan fingerprint density at radius 1 is 1.10 bits per heavy atom. The predicted octanol–water partition coefficient (Wildman–Crippen LogP) is 2.81. The molecule has 0 saturated heterocycles. The van der Waals surface area contributed by atoms with Gasteiger partial charge in [-0.05, 0) is 35.9 Å². The molecule has 2 aliphatic heterocycles. The number of carbonyl (C=O) groups excluding carboxylic acids is 1. The molecule has 2 heterocycles. The van der Waals surface area contributed by atoms with Gasteiger partial charge in [0.05, 0.1) is 38.6 Å². The van der Waals surface area contributed by atoms with Gasteiger partial charge in [0.2, 0.25) is 11.9 Å². The van der Waals surface area contributed by atoms with Gasteiger partial charge in [-0.2, -0.15) is 0 Å². The van der Waals surface area contributed by atoms with E-state index in [0.29, 0.717) is 35.3 Å². The van der Waals surface area contributed by atoms with E-state index in [9.17, 15) is 4.79 Å². The highest BCUT2D eigenvalue weighted by Crippen LogP contribution is 2.33. The Labute approximate surface area is 168 Å². The average Bonchev–Trinajstić information content (AvgIpc) is 2.88. The lowest BCUT2D eigenvalue weighted by Crippen LogP contribution is -2.33. The van der Waals surface area contributed by atoms with Crippen molar-refractivity contribution in [3.63, 3.8) is 0 Å². The Hall–Kier alpha value is -3.92. The van der Waals surface area contributed by atoms with Crippen LogP contribution in [-0.2, 0) is 4.79 Å². The van der Waals surface area contributed by atoms with Gasteiger partial charge in [-0.1, -0.05) is 5.92 Å². The molecule has 0 atom stereocenters. The van der Waals surface area contributed by atoms with Crippen LogP contribution in [0.2, 0.25) is 0 Å². The van der Waals surface area contributed by atoms with E-state index in [1.807, 2.05) is 30.3 Å². The number of hydrogen-bond acceptors (Lipinski definition) is 6. The molecule has 0 saturated carbocycles. The second-order valence-corrected chi connectivity index (χ2v) is 6.59. The topological polar surface area (TPSA) is 84.0 Å². The molecule has 0 spiro atoms. The molecule has 1 amide bonds. The van der Waals surface area contributed by atoms with Crippen molar-refractivity contribution in [2.75, 3.05) is 31.4 Å². The highest BCUT2D eigenvalue weighted by Gasteiger charge is 2.25. The van der Waals surface area contributed by atoms with E-state index < -0.39 is 0 Å². The lowest BCUT2D eigenvalue weighted by Gasteiger charge is -2.22. The largest absolute Gasteiger partial charge is 0.493 e. The minimum atomic E-state index is -0.0845. The number of amides is 1. The number of nitrogens with zero attached hydrogens (tertiary/aromatic N) is 1. The molecule has 7 nitrogen and oxygen atoms in total. The maximum Gasteiger partial charge on any atom is 0.228 e. The van der Waals surface area contributed by atoms with Gasteiger partial charge < -0.3 is 25.4 Å². The molecular formula is C22H20N4O3. The van der Waals surface area contributed by atoms with Gasteiger partial charge in [0, 0.05) is 22.9 Å². The molecule has 3 N–H and O–H groups in total. The third kappa shape index (κ3) is 3.60. The zero-order valence-electron chi connectivity index (χ0n) is 16.1. The van der Waals surface area contributed by atoms with Crippen LogP contribution in [0.1, 0.15) is 17.5 Å². The van der Waals surface area contributed by atoms with Gasteiger partial charge in [0.1, 0.15) is 0 Å². The normalized spacial score (nSPS) is 14.9. The lowest BCUT2D eigenvalue weighted by atomic mass is 10.0. The maximum absolute atomic E-state index is 12.3. The van der Waals surface area contributed by atoms with Crippen molar-refractivity contribution in [3.8, 4) is 23.8 Å². The number of methoxy groups -OCH3 is 2. The molecule has 7 heteroatoms. The van der Waals surface area contributed by atoms with Crippen molar-refractivity contribution < 1.29 is 14.3 Å². The molecule has 0 bridgehead atoms. The summed E-state index contributed by atoms with van der Waals surface area (Å²) in [6, 6.07) is 11.1. The zero-order chi connectivity index (χ0) is 20.4. The summed E-state index contributed by atoms with van der Waals surface area (Å²) in [6.45, 7) is 0.418. The van der Waals surface area contributed by atoms with E-state index in [4.69, 9.17) is 15.9 Å². The molecule has 0 aliphatic carbocycles. The van der Waals surface area contributed by atoms with Gasteiger partial charge in [-0.15, -0.1) is 6.42 Å². The summed E-state index contributed by atoms with van der Waals surface area (Å²) in [6.07, 6.45) is 5.78. The number of aliphatic imine (C=N–C) groups is 1. The summed E-state index contributed by atoms with van der Waals surface area (Å²) in [5.74, 6) is 4.36. The van der Waals surface area contributed by atoms with E-state index in [2.05, 4.69) is 26.9 Å². The van der Waals surface area contributed by atoms with E-state index in [0.717, 1.165) is 22.5 Å². The summed E-state index contributed by atoms with van der Waals surface area (Å²) < 4.78 is 10.6.